The van der Waals surface area contributed by atoms with Crippen LogP contribution in [0.3, 0.4) is 0 Å². The SMILES string of the molecule is C[C@H](CCC(=O)NCc1ccc2ccccc2n1)N1CCCC1. The molecule has 1 saturated heterocycles. The van der Waals surface area contributed by atoms with Crippen molar-refractivity contribution in [2.24, 2.45) is 0 Å². The molecule has 122 valence electrons. The molecular weight excluding hydrogens is 286 g/mol. The van der Waals surface area contributed by atoms with E-state index in [1.807, 2.05) is 30.3 Å². The van der Waals surface area contributed by atoms with E-state index in [2.05, 4.69) is 28.2 Å². The second-order valence-corrected chi connectivity index (χ2v) is 6.40. The first-order valence-corrected chi connectivity index (χ1v) is 8.58. The Morgan fingerprint density at radius 2 is 2.00 bits per heavy atom. The Bertz CT molecular complexity index is 664. The highest BCUT2D eigenvalue weighted by molar-refractivity contribution is 5.78. The fraction of sp³-hybridized carbons (Fsp3) is 0.474. The summed E-state index contributed by atoms with van der Waals surface area (Å²) in [4.78, 5) is 19.1. The summed E-state index contributed by atoms with van der Waals surface area (Å²) in [5, 5.41) is 4.12. The smallest absolute Gasteiger partial charge is 0.220 e. The molecule has 0 unspecified atom stereocenters. The first kappa shape index (κ1) is 15.9. The number of nitrogens with zero attached hydrogens (tertiary/aromatic N) is 2. The standard InChI is InChI=1S/C19H25N3O/c1-15(22-12-4-5-13-22)8-11-19(23)20-14-17-10-9-16-6-2-3-7-18(16)21-17/h2-3,6-7,9-10,15H,4-5,8,11-14H2,1H3,(H,20,23)/t15-/m1/s1. The molecule has 1 fully saturated rings. The lowest BCUT2D eigenvalue weighted by atomic mass is 10.1. The number of hydrogen-bond donors (Lipinski definition) is 1. The van der Waals surface area contributed by atoms with Gasteiger partial charge in [0.05, 0.1) is 17.8 Å². The minimum atomic E-state index is 0.117. The van der Waals surface area contributed by atoms with Gasteiger partial charge in [-0.25, -0.2) is 0 Å². The number of nitrogens with one attached hydrogen (secondary N) is 1. The zero-order valence-electron chi connectivity index (χ0n) is 13.8. The Balaban J connectivity index is 1.46. The van der Waals surface area contributed by atoms with Gasteiger partial charge in [-0.1, -0.05) is 24.3 Å². The molecule has 1 N–H and O–H groups in total. The number of likely N-dealkylation sites (tertiary alicyclic amines) is 1. The number of amides is 1. The maximum absolute atomic E-state index is 12.0. The number of pyridine rings is 1. The number of fused-ring (bicyclic) bond motifs is 1. The maximum Gasteiger partial charge on any atom is 0.220 e. The molecule has 23 heavy (non-hydrogen) atoms. The zero-order chi connectivity index (χ0) is 16.1. The third-order valence-electron chi connectivity index (χ3n) is 4.68. The Labute approximate surface area is 137 Å². The van der Waals surface area contributed by atoms with Gasteiger partial charge in [0.15, 0.2) is 0 Å². The van der Waals surface area contributed by atoms with Crippen molar-refractivity contribution in [1.29, 1.82) is 0 Å². The average Bonchev–Trinajstić information content (AvgIpc) is 3.12. The predicted molar refractivity (Wildman–Crippen MR) is 93.1 cm³/mol. The predicted octanol–water partition coefficient (Wildman–Crippen LogP) is 3.12. The number of hydrogen-bond acceptors (Lipinski definition) is 3. The summed E-state index contributed by atoms with van der Waals surface area (Å²) in [6.45, 7) is 5.10. The molecule has 3 rings (SSSR count). The Morgan fingerprint density at radius 1 is 1.22 bits per heavy atom. The van der Waals surface area contributed by atoms with Crippen LogP contribution in [0.5, 0.6) is 0 Å². The monoisotopic (exact) mass is 311 g/mol. The summed E-state index contributed by atoms with van der Waals surface area (Å²) in [5.74, 6) is 0.117. The normalized spacial score (nSPS) is 16.6. The lowest BCUT2D eigenvalue weighted by Crippen LogP contribution is -2.32. The second kappa shape index (κ2) is 7.55. The molecule has 4 nitrogen and oxygen atoms in total. The van der Waals surface area contributed by atoms with Crippen molar-refractivity contribution < 1.29 is 4.79 Å². The number of carbonyl (C=O) groups excluding carboxylic acids is 1. The summed E-state index contributed by atoms with van der Waals surface area (Å²) in [7, 11) is 0. The highest BCUT2D eigenvalue weighted by Gasteiger charge is 2.18. The van der Waals surface area contributed by atoms with Crippen LogP contribution < -0.4 is 5.32 Å². The van der Waals surface area contributed by atoms with E-state index in [0.717, 1.165) is 23.0 Å². The molecule has 1 aliphatic rings. The van der Waals surface area contributed by atoms with Crippen LogP contribution >= 0.6 is 0 Å². The van der Waals surface area contributed by atoms with E-state index in [1.54, 1.807) is 0 Å². The molecule has 1 aromatic carbocycles. The summed E-state index contributed by atoms with van der Waals surface area (Å²) < 4.78 is 0. The summed E-state index contributed by atoms with van der Waals surface area (Å²) >= 11 is 0. The van der Waals surface area contributed by atoms with Gasteiger partial charge in [0, 0.05) is 17.8 Å². The maximum atomic E-state index is 12.0. The van der Waals surface area contributed by atoms with Crippen LogP contribution in [0.2, 0.25) is 0 Å². The van der Waals surface area contributed by atoms with E-state index in [1.165, 1.54) is 25.9 Å². The number of rotatable bonds is 6. The van der Waals surface area contributed by atoms with Crippen LogP contribution in [0.25, 0.3) is 10.9 Å². The van der Waals surface area contributed by atoms with E-state index in [-0.39, 0.29) is 5.91 Å². The number of carbonyl (C=O) groups is 1. The van der Waals surface area contributed by atoms with Gasteiger partial charge in [-0.15, -0.1) is 0 Å². The minimum Gasteiger partial charge on any atom is -0.350 e. The van der Waals surface area contributed by atoms with E-state index in [0.29, 0.717) is 19.0 Å². The Hall–Kier alpha value is -1.94. The first-order chi connectivity index (χ1) is 11.2. The van der Waals surface area contributed by atoms with E-state index in [4.69, 9.17) is 0 Å². The Kier molecular flexibility index (Phi) is 5.23. The molecule has 1 amide bonds. The molecule has 1 atom stereocenters. The number of benzene rings is 1. The number of aromatic nitrogens is 1. The van der Waals surface area contributed by atoms with Crippen LogP contribution in [-0.4, -0.2) is 34.9 Å². The van der Waals surface area contributed by atoms with E-state index < -0.39 is 0 Å². The Morgan fingerprint density at radius 3 is 2.83 bits per heavy atom. The zero-order valence-corrected chi connectivity index (χ0v) is 13.8. The minimum absolute atomic E-state index is 0.117. The third-order valence-corrected chi connectivity index (χ3v) is 4.68. The quantitative estimate of drug-likeness (QED) is 0.891. The van der Waals surface area contributed by atoms with Crippen molar-refractivity contribution in [2.45, 2.75) is 45.2 Å². The van der Waals surface area contributed by atoms with Crippen LogP contribution in [0, 0.1) is 0 Å². The van der Waals surface area contributed by atoms with Crippen molar-refractivity contribution in [3.05, 3.63) is 42.1 Å². The van der Waals surface area contributed by atoms with Crippen LogP contribution in [0.15, 0.2) is 36.4 Å². The first-order valence-electron chi connectivity index (χ1n) is 8.58. The summed E-state index contributed by atoms with van der Waals surface area (Å²) in [5.41, 5.74) is 1.88. The fourth-order valence-electron chi connectivity index (χ4n) is 3.19. The third kappa shape index (κ3) is 4.29. The summed E-state index contributed by atoms with van der Waals surface area (Å²) in [6.07, 6.45) is 4.11. The topological polar surface area (TPSA) is 45.2 Å². The molecule has 2 heterocycles. The largest absolute Gasteiger partial charge is 0.350 e. The molecule has 0 spiro atoms. The molecule has 2 aromatic rings. The van der Waals surface area contributed by atoms with E-state index >= 15 is 0 Å². The molecule has 1 aliphatic heterocycles. The van der Waals surface area contributed by atoms with Crippen LogP contribution in [0.4, 0.5) is 0 Å². The van der Waals surface area contributed by atoms with E-state index in [9.17, 15) is 4.79 Å². The van der Waals surface area contributed by atoms with Crippen molar-refractivity contribution in [1.82, 2.24) is 15.2 Å². The highest BCUT2D eigenvalue weighted by atomic mass is 16.1. The van der Waals surface area contributed by atoms with Gasteiger partial charge < -0.3 is 10.2 Å². The van der Waals surface area contributed by atoms with Gasteiger partial charge in [-0.3, -0.25) is 9.78 Å². The highest BCUT2D eigenvalue weighted by Crippen LogP contribution is 2.15. The van der Waals surface area contributed by atoms with Crippen molar-refractivity contribution in [3.63, 3.8) is 0 Å². The van der Waals surface area contributed by atoms with Gasteiger partial charge in [0.25, 0.3) is 0 Å². The molecule has 0 saturated carbocycles. The van der Waals surface area contributed by atoms with Crippen LogP contribution in [0.1, 0.15) is 38.3 Å². The van der Waals surface area contributed by atoms with Gasteiger partial charge in [-0.05, 0) is 51.4 Å². The number of para-hydroxylation sites is 1. The van der Waals surface area contributed by atoms with Gasteiger partial charge in [0.1, 0.15) is 0 Å². The van der Waals surface area contributed by atoms with Crippen molar-refractivity contribution in [2.75, 3.05) is 13.1 Å². The molecule has 0 radical (unpaired) electrons. The summed E-state index contributed by atoms with van der Waals surface area (Å²) in [6, 6.07) is 12.6. The fourth-order valence-corrected chi connectivity index (χ4v) is 3.19. The van der Waals surface area contributed by atoms with Crippen molar-refractivity contribution >= 4 is 16.8 Å². The van der Waals surface area contributed by atoms with Gasteiger partial charge in [0.2, 0.25) is 5.91 Å². The molecule has 1 aromatic heterocycles. The molecule has 0 bridgehead atoms. The molecule has 4 heteroatoms. The van der Waals surface area contributed by atoms with Crippen molar-refractivity contribution in [3.8, 4) is 0 Å². The van der Waals surface area contributed by atoms with Gasteiger partial charge >= 0.3 is 0 Å². The lowest BCUT2D eigenvalue weighted by Gasteiger charge is -2.23. The average molecular weight is 311 g/mol. The van der Waals surface area contributed by atoms with Crippen LogP contribution in [-0.2, 0) is 11.3 Å². The van der Waals surface area contributed by atoms with Gasteiger partial charge in [-0.2, -0.15) is 0 Å². The second-order valence-electron chi connectivity index (χ2n) is 6.40. The molecule has 0 aliphatic carbocycles. The lowest BCUT2D eigenvalue weighted by molar-refractivity contribution is -0.121. The molecular formula is C19H25N3O.